The highest BCUT2D eigenvalue weighted by Gasteiger charge is 2.26. The Bertz CT molecular complexity index is 575. The van der Waals surface area contributed by atoms with Gasteiger partial charge in [0.25, 0.3) is 0 Å². The second-order valence-electron chi connectivity index (χ2n) is 5.15. The summed E-state index contributed by atoms with van der Waals surface area (Å²) in [5.74, 6) is -3.45. The molecule has 0 aromatic heterocycles. The smallest absolute Gasteiger partial charge is 0.326 e. The molecular formula is C16H20FNO5. The predicted molar refractivity (Wildman–Crippen MR) is 80.1 cm³/mol. The second-order valence-corrected chi connectivity index (χ2v) is 5.15. The molecule has 0 saturated heterocycles. The molecule has 0 aliphatic heterocycles. The van der Waals surface area contributed by atoms with Crippen LogP contribution in [0.15, 0.2) is 24.3 Å². The van der Waals surface area contributed by atoms with Gasteiger partial charge in [0, 0.05) is 0 Å². The van der Waals surface area contributed by atoms with E-state index in [1.165, 1.54) is 25.1 Å². The van der Waals surface area contributed by atoms with Crippen molar-refractivity contribution >= 4 is 17.8 Å². The third-order valence-corrected chi connectivity index (χ3v) is 3.17. The Hall–Kier alpha value is -2.44. The summed E-state index contributed by atoms with van der Waals surface area (Å²) in [4.78, 5) is 34.7. The lowest BCUT2D eigenvalue weighted by molar-refractivity contribution is -0.149. The van der Waals surface area contributed by atoms with Gasteiger partial charge < -0.3 is 15.2 Å². The Kier molecular flexibility index (Phi) is 7.18. The van der Waals surface area contributed by atoms with Gasteiger partial charge in [0.05, 0.1) is 18.9 Å². The minimum Gasteiger partial charge on any atom is -0.480 e. The zero-order valence-corrected chi connectivity index (χ0v) is 13.0. The van der Waals surface area contributed by atoms with Gasteiger partial charge in [0.15, 0.2) is 0 Å². The van der Waals surface area contributed by atoms with Gasteiger partial charge in [-0.2, -0.15) is 0 Å². The highest BCUT2D eigenvalue weighted by atomic mass is 19.1. The molecule has 126 valence electrons. The molecular weight excluding hydrogens is 305 g/mol. The topological polar surface area (TPSA) is 92.7 Å². The van der Waals surface area contributed by atoms with Gasteiger partial charge >= 0.3 is 11.9 Å². The van der Waals surface area contributed by atoms with Crippen LogP contribution in [0.2, 0.25) is 0 Å². The number of carbonyl (C=O) groups is 3. The first-order valence-corrected chi connectivity index (χ1v) is 7.26. The van der Waals surface area contributed by atoms with Crippen LogP contribution in [0.25, 0.3) is 0 Å². The summed E-state index contributed by atoms with van der Waals surface area (Å²) < 4.78 is 17.9. The number of halogens is 1. The van der Waals surface area contributed by atoms with Crippen LogP contribution in [-0.2, 0) is 25.5 Å². The molecule has 0 spiro atoms. The number of esters is 1. The second kappa shape index (κ2) is 8.87. The van der Waals surface area contributed by atoms with E-state index in [-0.39, 0.29) is 19.4 Å². The number of ether oxygens (including phenoxy) is 1. The SMILES string of the molecule is CCOC(=O)[C@@H](C)C[C@@H](NC(=O)Cc1cccc(F)c1)C(=O)O. The molecule has 0 aliphatic carbocycles. The minimum atomic E-state index is -1.24. The maximum atomic E-state index is 13.1. The molecule has 1 aromatic carbocycles. The fraction of sp³-hybridized carbons (Fsp3) is 0.438. The van der Waals surface area contributed by atoms with Gasteiger partial charge in [-0.25, -0.2) is 9.18 Å². The number of carboxylic acids is 1. The molecule has 0 radical (unpaired) electrons. The Balaban J connectivity index is 2.63. The Labute approximate surface area is 133 Å². The molecule has 2 N–H and O–H groups in total. The van der Waals surface area contributed by atoms with Crippen LogP contribution in [0.4, 0.5) is 4.39 Å². The van der Waals surface area contributed by atoms with Crippen LogP contribution in [-0.4, -0.2) is 35.6 Å². The van der Waals surface area contributed by atoms with E-state index in [0.717, 1.165) is 0 Å². The minimum absolute atomic E-state index is 0.0803. The van der Waals surface area contributed by atoms with Crippen molar-refractivity contribution in [2.45, 2.75) is 32.7 Å². The van der Waals surface area contributed by atoms with Crippen LogP contribution in [0.5, 0.6) is 0 Å². The molecule has 0 bridgehead atoms. The fourth-order valence-corrected chi connectivity index (χ4v) is 2.03. The molecule has 1 rings (SSSR count). The molecule has 0 unspecified atom stereocenters. The lowest BCUT2D eigenvalue weighted by Crippen LogP contribution is -2.43. The summed E-state index contributed by atoms with van der Waals surface area (Å²) in [6.07, 6.45) is -0.224. The standard InChI is InChI=1S/C16H20FNO5/c1-3-23-16(22)10(2)7-13(15(20)21)18-14(19)9-11-5-4-6-12(17)8-11/h4-6,8,10,13H,3,7,9H2,1-2H3,(H,18,19)(H,20,21)/t10-,13+/m0/s1. The van der Waals surface area contributed by atoms with Crippen molar-refractivity contribution in [2.75, 3.05) is 6.61 Å². The zero-order chi connectivity index (χ0) is 17.4. The highest BCUT2D eigenvalue weighted by molar-refractivity contribution is 5.85. The van der Waals surface area contributed by atoms with Crippen molar-refractivity contribution in [3.63, 3.8) is 0 Å². The lowest BCUT2D eigenvalue weighted by atomic mass is 10.0. The number of rotatable bonds is 8. The third-order valence-electron chi connectivity index (χ3n) is 3.17. The molecule has 7 heteroatoms. The number of benzene rings is 1. The zero-order valence-electron chi connectivity index (χ0n) is 13.0. The molecule has 0 aliphatic rings. The summed E-state index contributed by atoms with van der Waals surface area (Å²) >= 11 is 0. The average Bonchev–Trinajstić information content (AvgIpc) is 2.46. The molecule has 0 saturated carbocycles. The summed E-state index contributed by atoms with van der Waals surface area (Å²) in [5, 5.41) is 11.5. The first-order chi connectivity index (χ1) is 10.8. The van der Waals surface area contributed by atoms with E-state index < -0.39 is 35.6 Å². The van der Waals surface area contributed by atoms with E-state index in [2.05, 4.69) is 5.32 Å². The molecule has 23 heavy (non-hydrogen) atoms. The van der Waals surface area contributed by atoms with Gasteiger partial charge in [-0.3, -0.25) is 9.59 Å². The first kappa shape index (κ1) is 18.6. The molecule has 0 heterocycles. The summed E-state index contributed by atoms with van der Waals surface area (Å²) in [6, 6.07) is 4.28. The Morgan fingerprint density at radius 2 is 2.04 bits per heavy atom. The first-order valence-electron chi connectivity index (χ1n) is 7.26. The molecule has 0 fully saturated rings. The summed E-state index contributed by atoms with van der Waals surface area (Å²) in [7, 11) is 0. The van der Waals surface area contributed by atoms with Gasteiger partial charge in [-0.05, 0) is 31.0 Å². The van der Waals surface area contributed by atoms with E-state index in [1.54, 1.807) is 13.0 Å². The number of hydrogen-bond donors (Lipinski definition) is 2. The van der Waals surface area contributed by atoms with Gasteiger partial charge in [0.2, 0.25) is 5.91 Å². The van der Waals surface area contributed by atoms with Gasteiger partial charge in [0.1, 0.15) is 11.9 Å². The number of nitrogens with one attached hydrogen (secondary N) is 1. The monoisotopic (exact) mass is 325 g/mol. The van der Waals surface area contributed by atoms with E-state index >= 15 is 0 Å². The van der Waals surface area contributed by atoms with Crippen molar-refractivity contribution in [1.82, 2.24) is 5.32 Å². The normalized spacial score (nSPS) is 13.0. The molecule has 2 atom stereocenters. The number of carbonyl (C=O) groups excluding carboxylic acids is 2. The largest absolute Gasteiger partial charge is 0.480 e. The van der Waals surface area contributed by atoms with E-state index in [0.29, 0.717) is 5.56 Å². The van der Waals surface area contributed by atoms with Crippen LogP contribution >= 0.6 is 0 Å². The average molecular weight is 325 g/mol. The highest BCUT2D eigenvalue weighted by Crippen LogP contribution is 2.10. The number of hydrogen-bond acceptors (Lipinski definition) is 4. The van der Waals surface area contributed by atoms with E-state index in [9.17, 15) is 18.8 Å². The van der Waals surface area contributed by atoms with Crippen LogP contribution in [0.1, 0.15) is 25.8 Å². The van der Waals surface area contributed by atoms with E-state index in [1.807, 2.05) is 0 Å². The summed E-state index contributed by atoms with van der Waals surface area (Å²) in [6.45, 7) is 3.39. The maximum Gasteiger partial charge on any atom is 0.326 e. The van der Waals surface area contributed by atoms with Crippen LogP contribution < -0.4 is 5.32 Å². The maximum absolute atomic E-state index is 13.1. The molecule has 1 amide bonds. The van der Waals surface area contributed by atoms with Crippen LogP contribution in [0, 0.1) is 11.7 Å². The third kappa shape index (κ3) is 6.46. The fourth-order valence-electron chi connectivity index (χ4n) is 2.03. The summed E-state index contributed by atoms with van der Waals surface area (Å²) in [5.41, 5.74) is 0.435. The van der Waals surface area contributed by atoms with E-state index in [4.69, 9.17) is 9.84 Å². The van der Waals surface area contributed by atoms with Crippen molar-refractivity contribution in [3.05, 3.63) is 35.6 Å². The van der Waals surface area contributed by atoms with Crippen molar-refractivity contribution < 1.29 is 28.6 Å². The number of amides is 1. The Morgan fingerprint density at radius 3 is 2.61 bits per heavy atom. The van der Waals surface area contributed by atoms with Crippen molar-refractivity contribution in [2.24, 2.45) is 5.92 Å². The quantitative estimate of drug-likeness (QED) is 0.707. The Morgan fingerprint density at radius 1 is 1.35 bits per heavy atom. The number of aliphatic carboxylic acids is 1. The van der Waals surface area contributed by atoms with Gasteiger partial charge in [-0.15, -0.1) is 0 Å². The van der Waals surface area contributed by atoms with Crippen molar-refractivity contribution in [1.29, 1.82) is 0 Å². The van der Waals surface area contributed by atoms with Crippen molar-refractivity contribution in [3.8, 4) is 0 Å². The number of carboxylic acid groups (broad SMARTS) is 1. The molecule has 1 aromatic rings. The van der Waals surface area contributed by atoms with Gasteiger partial charge in [-0.1, -0.05) is 19.1 Å². The van der Waals surface area contributed by atoms with Crippen LogP contribution in [0.3, 0.4) is 0 Å². The predicted octanol–water partition coefficient (Wildman–Crippen LogP) is 1.53. The lowest BCUT2D eigenvalue weighted by Gasteiger charge is -2.18. The molecule has 6 nitrogen and oxygen atoms in total.